The maximum Gasteiger partial charge on any atom is 0.225 e. The molecule has 0 saturated heterocycles. The molecule has 0 spiro atoms. The average Bonchev–Trinajstić information content (AvgIpc) is 3.23. The number of rotatable bonds is 8. The second-order valence-corrected chi connectivity index (χ2v) is 7.66. The quantitative estimate of drug-likeness (QED) is 0.441. The highest BCUT2D eigenvalue weighted by atomic mass is 16.5. The number of carbonyl (C=O) groups excluding carboxylic acids is 1. The van der Waals surface area contributed by atoms with Crippen LogP contribution in [0, 0.1) is 13.8 Å². The zero-order chi connectivity index (χ0) is 22.3. The lowest BCUT2D eigenvalue weighted by molar-refractivity contribution is -0.120. The lowest BCUT2D eigenvalue weighted by Gasteiger charge is -2.20. The minimum atomic E-state index is -0.203. The van der Waals surface area contributed by atoms with Gasteiger partial charge in [-0.05, 0) is 35.7 Å². The maximum atomic E-state index is 12.9. The molecule has 0 aliphatic rings. The Bertz CT molecular complexity index is 1150. The minimum Gasteiger partial charge on any atom is -0.485 e. The molecule has 0 fully saturated rings. The highest BCUT2D eigenvalue weighted by Crippen LogP contribution is 2.23. The molecule has 1 aromatic heterocycles. The van der Waals surface area contributed by atoms with Crippen molar-refractivity contribution in [3.05, 3.63) is 113 Å². The van der Waals surface area contributed by atoms with Gasteiger partial charge in [-0.1, -0.05) is 77.5 Å². The molecule has 1 atom stereocenters. The predicted molar refractivity (Wildman–Crippen MR) is 121 cm³/mol. The fourth-order valence-corrected chi connectivity index (χ4v) is 3.41. The Balaban J connectivity index is 1.40. The number of hydrogen-bond acceptors (Lipinski definition) is 5. The zero-order valence-electron chi connectivity index (χ0n) is 18.1. The number of nitrogens with one attached hydrogen (secondary N) is 1. The first kappa shape index (κ1) is 21.3. The normalized spacial score (nSPS) is 11.7. The fraction of sp³-hybridized carbons (Fsp3) is 0.192. The van der Waals surface area contributed by atoms with Gasteiger partial charge in [-0.2, -0.15) is 4.98 Å². The highest BCUT2D eigenvalue weighted by Gasteiger charge is 2.17. The number of aromatic nitrogens is 2. The van der Waals surface area contributed by atoms with Crippen LogP contribution in [0.2, 0.25) is 0 Å². The van der Waals surface area contributed by atoms with E-state index in [0.717, 1.165) is 16.7 Å². The van der Waals surface area contributed by atoms with Crippen LogP contribution >= 0.6 is 0 Å². The zero-order valence-corrected chi connectivity index (χ0v) is 18.1. The summed E-state index contributed by atoms with van der Waals surface area (Å²) in [4.78, 5) is 17.0. The van der Waals surface area contributed by atoms with E-state index in [-0.39, 0.29) is 25.0 Å². The lowest BCUT2D eigenvalue weighted by Crippen LogP contribution is -2.30. The second-order valence-electron chi connectivity index (χ2n) is 7.66. The number of ether oxygens (including phenoxy) is 1. The molecule has 4 aromatic rings. The molecule has 0 aliphatic carbocycles. The summed E-state index contributed by atoms with van der Waals surface area (Å²) in [5, 5.41) is 6.99. The summed E-state index contributed by atoms with van der Waals surface area (Å²) in [6.07, 6.45) is 0.277. The van der Waals surface area contributed by atoms with Gasteiger partial charge < -0.3 is 14.6 Å². The van der Waals surface area contributed by atoms with E-state index < -0.39 is 0 Å². The molecule has 162 valence electrons. The first-order valence-corrected chi connectivity index (χ1v) is 10.5. The number of aryl methyl sites for hydroxylation is 2. The minimum absolute atomic E-state index is 0.0460. The Labute approximate surface area is 187 Å². The van der Waals surface area contributed by atoms with E-state index in [4.69, 9.17) is 9.26 Å². The van der Waals surface area contributed by atoms with Crippen molar-refractivity contribution in [2.45, 2.75) is 32.9 Å². The number of amides is 1. The van der Waals surface area contributed by atoms with E-state index in [1.165, 1.54) is 5.56 Å². The molecular formula is C26H25N3O3. The van der Waals surface area contributed by atoms with Gasteiger partial charge in [-0.3, -0.25) is 4.79 Å². The monoisotopic (exact) mass is 427 g/mol. The Kier molecular flexibility index (Phi) is 6.60. The standard InChI is InChI=1S/C26H25N3O3/c1-18-8-12-22(13-9-18)26(21-6-4-3-5-7-21)28-25(30)16-20-10-14-23(15-11-20)31-17-24-27-19(2)32-29-24/h3-15,26H,16-17H2,1-2H3,(H,28,30). The average molecular weight is 428 g/mol. The van der Waals surface area contributed by atoms with E-state index in [1.807, 2.05) is 54.6 Å². The van der Waals surface area contributed by atoms with Crippen LogP contribution in [0.1, 0.15) is 40.0 Å². The third-order valence-corrected chi connectivity index (χ3v) is 5.07. The lowest BCUT2D eigenvalue weighted by atomic mass is 9.97. The van der Waals surface area contributed by atoms with Crippen LogP contribution in [0.15, 0.2) is 83.4 Å². The van der Waals surface area contributed by atoms with E-state index in [0.29, 0.717) is 17.5 Å². The Morgan fingerprint density at radius 1 is 0.938 bits per heavy atom. The van der Waals surface area contributed by atoms with Crippen molar-refractivity contribution in [3.63, 3.8) is 0 Å². The molecule has 3 aromatic carbocycles. The van der Waals surface area contributed by atoms with Gasteiger partial charge in [0.15, 0.2) is 6.61 Å². The van der Waals surface area contributed by atoms with Crippen molar-refractivity contribution in [3.8, 4) is 5.75 Å². The van der Waals surface area contributed by atoms with Gasteiger partial charge in [-0.25, -0.2) is 0 Å². The first-order chi connectivity index (χ1) is 15.6. The topological polar surface area (TPSA) is 77.2 Å². The van der Waals surface area contributed by atoms with Gasteiger partial charge in [0, 0.05) is 6.92 Å². The van der Waals surface area contributed by atoms with Gasteiger partial charge in [0.1, 0.15) is 5.75 Å². The van der Waals surface area contributed by atoms with Crippen molar-refractivity contribution in [1.82, 2.24) is 15.5 Å². The van der Waals surface area contributed by atoms with Crippen molar-refractivity contribution >= 4 is 5.91 Å². The fourth-order valence-electron chi connectivity index (χ4n) is 3.41. The van der Waals surface area contributed by atoms with Gasteiger partial charge in [-0.15, -0.1) is 0 Å². The van der Waals surface area contributed by atoms with Crippen molar-refractivity contribution < 1.29 is 14.1 Å². The molecule has 6 heteroatoms. The van der Waals surface area contributed by atoms with Crippen LogP contribution in [-0.2, 0) is 17.8 Å². The summed E-state index contributed by atoms with van der Waals surface area (Å²) in [6, 6.07) is 25.5. The molecule has 0 radical (unpaired) electrons. The van der Waals surface area contributed by atoms with Crippen LogP contribution in [0.3, 0.4) is 0 Å². The summed E-state index contributed by atoms with van der Waals surface area (Å²) in [5.74, 6) is 1.63. The molecule has 1 heterocycles. The van der Waals surface area contributed by atoms with E-state index in [1.54, 1.807) is 6.92 Å². The molecule has 32 heavy (non-hydrogen) atoms. The maximum absolute atomic E-state index is 12.9. The Morgan fingerprint density at radius 3 is 2.28 bits per heavy atom. The highest BCUT2D eigenvalue weighted by molar-refractivity contribution is 5.79. The molecule has 6 nitrogen and oxygen atoms in total. The molecule has 1 N–H and O–H groups in total. The van der Waals surface area contributed by atoms with Gasteiger partial charge in [0.2, 0.25) is 17.6 Å². The van der Waals surface area contributed by atoms with Gasteiger partial charge in [0.25, 0.3) is 0 Å². The third-order valence-electron chi connectivity index (χ3n) is 5.07. The third kappa shape index (κ3) is 5.60. The summed E-state index contributed by atoms with van der Waals surface area (Å²) in [6.45, 7) is 4.01. The molecule has 0 aliphatic heterocycles. The summed E-state index contributed by atoms with van der Waals surface area (Å²) < 4.78 is 10.6. The molecular weight excluding hydrogens is 402 g/mol. The SMILES string of the molecule is Cc1ccc(C(NC(=O)Cc2ccc(OCc3noc(C)n3)cc2)c2ccccc2)cc1. The van der Waals surface area contributed by atoms with E-state index >= 15 is 0 Å². The van der Waals surface area contributed by atoms with Gasteiger partial charge >= 0.3 is 0 Å². The Hall–Kier alpha value is -3.93. The smallest absolute Gasteiger partial charge is 0.225 e. The van der Waals surface area contributed by atoms with E-state index in [2.05, 4.69) is 46.6 Å². The number of nitrogens with zero attached hydrogens (tertiary/aromatic N) is 2. The molecule has 4 rings (SSSR count). The predicted octanol–water partition coefficient (Wildman–Crippen LogP) is 4.71. The van der Waals surface area contributed by atoms with Crippen molar-refractivity contribution in [1.29, 1.82) is 0 Å². The summed E-state index contributed by atoms with van der Waals surface area (Å²) in [7, 11) is 0. The number of hydrogen-bond donors (Lipinski definition) is 1. The molecule has 0 saturated carbocycles. The molecule has 0 bridgehead atoms. The summed E-state index contributed by atoms with van der Waals surface area (Å²) in [5.41, 5.74) is 4.19. The van der Waals surface area contributed by atoms with Crippen LogP contribution in [0.25, 0.3) is 0 Å². The molecule has 1 unspecified atom stereocenters. The number of carbonyl (C=O) groups is 1. The molecule has 1 amide bonds. The number of benzene rings is 3. The van der Waals surface area contributed by atoms with E-state index in [9.17, 15) is 4.79 Å². The first-order valence-electron chi connectivity index (χ1n) is 10.5. The van der Waals surface area contributed by atoms with Crippen LogP contribution in [0.4, 0.5) is 0 Å². The van der Waals surface area contributed by atoms with Crippen LogP contribution in [-0.4, -0.2) is 16.0 Å². The van der Waals surface area contributed by atoms with Crippen LogP contribution in [0.5, 0.6) is 5.75 Å². The second kappa shape index (κ2) is 9.92. The Morgan fingerprint density at radius 2 is 1.62 bits per heavy atom. The largest absolute Gasteiger partial charge is 0.485 e. The summed E-state index contributed by atoms with van der Waals surface area (Å²) >= 11 is 0. The van der Waals surface area contributed by atoms with Crippen LogP contribution < -0.4 is 10.1 Å². The van der Waals surface area contributed by atoms with Gasteiger partial charge in [0.05, 0.1) is 12.5 Å². The van der Waals surface area contributed by atoms with Crippen molar-refractivity contribution in [2.24, 2.45) is 0 Å². The van der Waals surface area contributed by atoms with Crippen molar-refractivity contribution in [2.75, 3.05) is 0 Å².